The molecule has 1 aromatic carbocycles. The Kier molecular flexibility index (Phi) is 2.87. The minimum atomic E-state index is 0.490. The second-order valence-electron chi connectivity index (χ2n) is 4.85. The van der Waals surface area contributed by atoms with Crippen molar-refractivity contribution < 1.29 is 0 Å². The lowest BCUT2D eigenvalue weighted by Crippen LogP contribution is -2.06. The highest BCUT2D eigenvalue weighted by Crippen LogP contribution is 2.35. The van der Waals surface area contributed by atoms with Crippen LogP contribution in [0.25, 0.3) is 16.9 Å². The number of anilines is 1. The van der Waals surface area contributed by atoms with Crippen LogP contribution in [0.3, 0.4) is 0 Å². The number of aromatic nitrogens is 4. The first-order valence-electron chi connectivity index (χ1n) is 6.22. The van der Waals surface area contributed by atoms with Crippen LogP contribution in [0, 0.1) is 20.8 Å². The monoisotopic (exact) mass is 287 g/mol. The van der Waals surface area contributed by atoms with E-state index in [9.17, 15) is 0 Å². The summed E-state index contributed by atoms with van der Waals surface area (Å²) >= 11 is 6.38. The van der Waals surface area contributed by atoms with Gasteiger partial charge >= 0.3 is 0 Å². The van der Waals surface area contributed by atoms with Crippen molar-refractivity contribution in [1.82, 2.24) is 19.6 Å². The van der Waals surface area contributed by atoms with Gasteiger partial charge < -0.3 is 5.73 Å². The maximum atomic E-state index is 6.38. The van der Waals surface area contributed by atoms with Crippen LogP contribution >= 0.6 is 11.6 Å². The molecule has 0 fully saturated rings. The van der Waals surface area contributed by atoms with Crippen molar-refractivity contribution in [1.29, 1.82) is 0 Å². The molecule has 102 valence electrons. The number of nitrogen functional groups attached to an aromatic ring is 1. The molecule has 0 bridgehead atoms. The summed E-state index contributed by atoms with van der Waals surface area (Å²) in [5.41, 5.74) is 11.0. The van der Waals surface area contributed by atoms with Crippen molar-refractivity contribution in [3.8, 4) is 11.1 Å². The van der Waals surface area contributed by atoms with Gasteiger partial charge in [0.1, 0.15) is 12.1 Å². The van der Waals surface area contributed by atoms with Crippen molar-refractivity contribution in [3.05, 3.63) is 40.3 Å². The summed E-state index contributed by atoms with van der Waals surface area (Å²) in [6, 6.07) is 3.97. The van der Waals surface area contributed by atoms with Crippen molar-refractivity contribution >= 4 is 23.2 Å². The SMILES string of the molecule is Cc1cc(Cl)c(-c2c(C)nc3ncnn3c2N)cc1C. The number of fused-ring (bicyclic) bond motifs is 1. The highest BCUT2D eigenvalue weighted by Gasteiger charge is 2.16. The smallest absolute Gasteiger partial charge is 0.254 e. The number of rotatable bonds is 1. The Morgan fingerprint density at radius 3 is 2.60 bits per heavy atom. The van der Waals surface area contributed by atoms with E-state index in [1.807, 2.05) is 32.9 Å². The molecule has 0 saturated carbocycles. The molecule has 0 saturated heterocycles. The van der Waals surface area contributed by atoms with Crippen LogP contribution in [-0.2, 0) is 0 Å². The van der Waals surface area contributed by atoms with Gasteiger partial charge in [0.05, 0.1) is 5.69 Å². The molecular formula is C14H14ClN5. The summed E-state index contributed by atoms with van der Waals surface area (Å²) in [5.74, 6) is 0.985. The number of hydrogen-bond donors (Lipinski definition) is 1. The number of hydrogen-bond acceptors (Lipinski definition) is 4. The molecule has 3 rings (SSSR count). The zero-order valence-corrected chi connectivity index (χ0v) is 12.2. The van der Waals surface area contributed by atoms with Gasteiger partial charge in [0, 0.05) is 16.1 Å². The topological polar surface area (TPSA) is 69.1 Å². The van der Waals surface area contributed by atoms with Gasteiger partial charge in [-0.3, -0.25) is 0 Å². The molecule has 6 heteroatoms. The lowest BCUT2D eigenvalue weighted by Gasteiger charge is -2.13. The summed E-state index contributed by atoms with van der Waals surface area (Å²) in [6.45, 7) is 5.97. The van der Waals surface area contributed by atoms with Crippen molar-refractivity contribution in [2.24, 2.45) is 0 Å². The number of benzene rings is 1. The Balaban J connectivity index is 2.37. The summed E-state index contributed by atoms with van der Waals surface area (Å²) < 4.78 is 1.52. The number of aryl methyl sites for hydroxylation is 3. The molecule has 2 N–H and O–H groups in total. The average molecular weight is 288 g/mol. The van der Waals surface area contributed by atoms with Crippen molar-refractivity contribution in [2.75, 3.05) is 5.73 Å². The zero-order chi connectivity index (χ0) is 14.4. The summed E-state index contributed by atoms with van der Waals surface area (Å²) in [5, 5.41) is 4.75. The van der Waals surface area contributed by atoms with E-state index >= 15 is 0 Å². The molecule has 3 aromatic rings. The Morgan fingerprint density at radius 2 is 1.85 bits per heavy atom. The highest BCUT2D eigenvalue weighted by atomic mass is 35.5. The molecule has 0 aliphatic carbocycles. The van der Waals surface area contributed by atoms with Crippen LogP contribution in [0.4, 0.5) is 5.82 Å². The number of halogens is 1. The van der Waals surface area contributed by atoms with E-state index in [1.54, 1.807) is 0 Å². The van der Waals surface area contributed by atoms with E-state index in [0.29, 0.717) is 16.6 Å². The lowest BCUT2D eigenvalue weighted by molar-refractivity contribution is 0.944. The molecule has 0 spiro atoms. The Labute approximate surface area is 121 Å². The number of nitrogens with zero attached hydrogens (tertiary/aromatic N) is 4. The van der Waals surface area contributed by atoms with Gasteiger partial charge in [-0.05, 0) is 44.0 Å². The van der Waals surface area contributed by atoms with Crippen molar-refractivity contribution in [3.63, 3.8) is 0 Å². The molecule has 20 heavy (non-hydrogen) atoms. The van der Waals surface area contributed by atoms with Gasteiger partial charge in [-0.2, -0.15) is 14.6 Å². The molecule has 0 amide bonds. The second-order valence-corrected chi connectivity index (χ2v) is 5.25. The maximum Gasteiger partial charge on any atom is 0.254 e. The third kappa shape index (κ3) is 1.82. The van der Waals surface area contributed by atoms with Crippen LogP contribution in [0.5, 0.6) is 0 Å². The molecule has 0 aliphatic heterocycles. The van der Waals surface area contributed by atoms with Crippen LogP contribution in [0.15, 0.2) is 18.5 Å². The molecule has 0 aliphatic rings. The van der Waals surface area contributed by atoms with E-state index < -0.39 is 0 Å². The molecule has 2 heterocycles. The van der Waals surface area contributed by atoms with Crippen LogP contribution < -0.4 is 5.73 Å². The molecule has 0 unspecified atom stereocenters. The zero-order valence-electron chi connectivity index (χ0n) is 11.5. The molecule has 2 aromatic heterocycles. The first-order chi connectivity index (χ1) is 9.49. The Hall–Kier alpha value is -2.14. The fraction of sp³-hybridized carbons (Fsp3) is 0.214. The normalized spacial score (nSPS) is 11.2. The van der Waals surface area contributed by atoms with E-state index in [0.717, 1.165) is 27.9 Å². The average Bonchev–Trinajstić information content (AvgIpc) is 2.83. The molecular weight excluding hydrogens is 274 g/mol. The Bertz CT molecular complexity index is 822. The summed E-state index contributed by atoms with van der Waals surface area (Å²) in [4.78, 5) is 8.47. The van der Waals surface area contributed by atoms with Crippen LogP contribution in [-0.4, -0.2) is 19.6 Å². The number of nitrogens with two attached hydrogens (primary N) is 1. The third-order valence-corrected chi connectivity index (χ3v) is 3.81. The lowest BCUT2D eigenvalue weighted by atomic mass is 9.99. The predicted octanol–water partition coefficient (Wildman–Crippen LogP) is 2.95. The van der Waals surface area contributed by atoms with E-state index in [4.69, 9.17) is 17.3 Å². The fourth-order valence-corrected chi connectivity index (χ4v) is 2.60. The maximum absolute atomic E-state index is 6.38. The molecule has 0 radical (unpaired) electrons. The predicted molar refractivity (Wildman–Crippen MR) is 79.9 cm³/mol. The largest absolute Gasteiger partial charge is 0.383 e. The minimum Gasteiger partial charge on any atom is -0.383 e. The van der Waals surface area contributed by atoms with E-state index in [2.05, 4.69) is 15.1 Å². The highest BCUT2D eigenvalue weighted by molar-refractivity contribution is 6.33. The third-order valence-electron chi connectivity index (χ3n) is 3.50. The first kappa shape index (κ1) is 12.9. The Morgan fingerprint density at radius 1 is 1.15 bits per heavy atom. The molecule has 5 nitrogen and oxygen atoms in total. The van der Waals surface area contributed by atoms with Gasteiger partial charge in [0.15, 0.2) is 0 Å². The van der Waals surface area contributed by atoms with Gasteiger partial charge in [0.25, 0.3) is 5.78 Å². The summed E-state index contributed by atoms with van der Waals surface area (Å²) in [6.07, 6.45) is 1.43. The quantitative estimate of drug-likeness (QED) is 0.747. The van der Waals surface area contributed by atoms with Gasteiger partial charge in [-0.15, -0.1) is 0 Å². The van der Waals surface area contributed by atoms with Crippen LogP contribution in [0.2, 0.25) is 5.02 Å². The molecule has 0 atom stereocenters. The standard InChI is InChI=1S/C14H14ClN5/c1-7-4-10(11(15)5-8(7)2)12-9(3)19-14-17-6-18-20(14)13(12)16/h4-6H,16H2,1-3H3. The fourth-order valence-electron chi connectivity index (χ4n) is 2.28. The summed E-state index contributed by atoms with van der Waals surface area (Å²) in [7, 11) is 0. The second kappa shape index (κ2) is 4.45. The van der Waals surface area contributed by atoms with Gasteiger partial charge in [0.2, 0.25) is 0 Å². The van der Waals surface area contributed by atoms with E-state index in [1.165, 1.54) is 10.8 Å². The van der Waals surface area contributed by atoms with Crippen molar-refractivity contribution in [2.45, 2.75) is 20.8 Å². The van der Waals surface area contributed by atoms with E-state index in [-0.39, 0.29) is 0 Å². The van der Waals surface area contributed by atoms with Crippen LogP contribution in [0.1, 0.15) is 16.8 Å². The first-order valence-corrected chi connectivity index (χ1v) is 6.59. The van der Waals surface area contributed by atoms with Gasteiger partial charge in [-0.1, -0.05) is 11.6 Å². The minimum absolute atomic E-state index is 0.490. The van der Waals surface area contributed by atoms with Gasteiger partial charge in [-0.25, -0.2) is 4.98 Å².